The average Bonchev–Trinajstić information content (AvgIpc) is 2.58. The first-order chi connectivity index (χ1) is 7.65. The second-order valence-electron chi connectivity index (χ2n) is 3.58. The third kappa shape index (κ3) is 1.48. The van der Waals surface area contributed by atoms with Crippen molar-refractivity contribution < 1.29 is 4.39 Å². The maximum Gasteiger partial charge on any atom is 0.147 e. The molecule has 0 spiro atoms. The van der Waals surface area contributed by atoms with E-state index in [1.54, 1.807) is 23.9 Å². The van der Waals surface area contributed by atoms with Crippen LogP contribution in [0.4, 0.5) is 4.39 Å². The molecule has 0 aliphatic heterocycles. The molecule has 0 saturated heterocycles. The molecule has 3 N–H and O–H groups in total. The van der Waals surface area contributed by atoms with Gasteiger partial charge in [0.2, 0.25) is 0 Å². The van der Waals surface area contributed by atoms with Gasteiger partial charge in [0.05, 0.1) is 5.52 Å². The molecule has 0 atom stereocenters. The van der Waals surface area contributed by atoms with Gasteiger partial charge < -0.3 is 15.7 Å². The topological polar surface area (TPSA) is 54.8 Å². The molecule has 0 amide bonds. The molecule has 1 aromatic carbocycles. The number of aryl methyl sites for hydroxylation is 1. The van der Waals surface area contributed by atoms with Crippen LogP contribution in [0.1, 0.15) is 5.56 Å². The van der Waals surface area contributed by atoms with Gasteiger partial charge in [0.15, 0.2) is 0 Å². The Balaban J connectivity index is 2.78. The van der Waals surface area contributed by atoms with Gasteiger partial charge in [0, 0.05) is 36.1 Å². The Kier molecular flexibility index (Phi) is 2.48. The summed E-state index contributed by atoms with van der Waals surface area (Å²) < 4.78 is 15.3. The smallest absolute Gasteiger partial charge is 0.147 e. The molecule has 82 valence electrons. The van der Waals surface area contributed by atoms with E-state index in [-0.39, 0.29) is 5.82 Å². The van der Waals surface area contributed by atoms with Crippen molar-refractivity contribution in [2.45, 2.75) is 0 Å². The van der Waals surface area contributed by atoms with E-state index in [1.807, 2.05) is 6.07 Å². The monoisotopic (exact) mass is 217 g/mol. The highest BCUT2D eigenvalue weighted by Crippen LogP contribution is 2.26. The van der Waals surface area contributed by atoms with E-state index in [0.29, 0.717) is 11.2 Å². The van der Waals surface area contributed by atoms with Crippen LogP contribution in [-0.4, -0.2) is 10.8 Å². The van der Waals surface area contributed by atoms with Crippen LogP contribution in [0.25, 0.3) is 16.6 Å². The Morgan fingerprint density at radius 1 is 1.50 bits per heavy atom. The Morgan fingerprint density at radius 2 is 2.25 bits per heavy atom. The van der Waals surface area contributed by atoms with Crippen molar-refractivity contribution in [3.8, 4) is 0 Å². The average molecular weight is 217 g/mol. The van der Waals surface area contributed by atoms with Gasteiger partial charge in [-0.05, 0) is 12.1 Å². The van der Waals surface area contributed by atoms with Crippen LogP contribution in [0.3, 0.4) is 0 Å². The van der Waals surface area contributed by atoms with E-state index in [0.717, 1.165) is 17.2 Å². The highest BCUT2D eigenvalue weighted by Gasteiger charge is 2.11. The van der Waals surface area contributed by atoms with E-state index in [1.165, 1.54) is 12.1 Å². The van der Waals surface area contributed by atoms with E-state index >= 15 is 0 Å². The van der Waals surface area contributed by atoms with Gasteiger partial charge in [0.1, 0.15) is 5.82 Å². The molecule has 1 heterocycles. The molecule has 0 bridgehead atoms. The zero-order chi connectivity index (χ0) is 11.7. The van der Waals surface area contributed by atoms with Gasteiger partial charge in [0.25, 0.3) is 0 Å². The Morgan fingerprint density at radius 3 is 2.94 bits per heavy atom. The molecule has 0 saturated carbocycles. The maximum absolute atomic E-state index is 13.6. The molecule has 0 radical (unpaired) electrons. The minimum atomic E-state index is -0.270. The first kappa shape index (κ1) is 10.4. The van der Waals surface area contributed by atoms with Crippen molar-refractivity contribution in [2.24, 2.45) is 12.8 Å². The molecule has 0 unspecified atom stereocenters. The first-order valence-electron chi connectivity index (χ1n) is 4.85. The number of hydrogen-bond acceptors (Lipinski definition) is 2. The number of rotatable bonds is 2. The predicted molar refractivity (Wildman–Crippen MR) is 63.8 cm³/mol. The summed E-state index contributed by atoms with van der Waals surface area (Å²) in [6.07, 6.45) is 4.37. The van der Waals surface area contributed by atoms with E-state index in [9.17, 15) is 4.39 Å². The highest BCUT2D eigenvalue weighted by atomic mass is 19.1. The standard InChI is InChI=1S/C12H12FN3/c1-16-7-9(11(15)5-6-14)8-3-2-4-10(13)12(8)16/h2-7,14H,15H2,1H3/b11-5-,14-6?. The molecule has 3 nitrogen and oxygen atoms in total. The van der Waals surface area contributed by atoms with Crippen molar-refractivity contribution in [2.75, 3.05) is 0 Å². The lowest BCUT2D eigenvalue weighted by atomic mass is 10.1. The predicted octanol–water partition coefficient (Wildman–Crippen LogP) is 2.27. The molecule has 2 rings (SSSR count). The number of nitrogens with two attached hydrogens (primary N) is 1. The fourth-order valence-electron chi connectivity index (χ4n) is 1.83. The minimum absolute atomic E-state index is 0.270. The van der Waals surface area contributed by atoms with Crippen molar-refractivity contribution in [1.82, 2.24) is 4.57 Å². The number of allylic oxidation sites excluding steroid dienone is 1. The third-order valence-electron chi connectivity index (χ3n) is 2.53. The number of aromatic nitrogens is 1. The number of para-hydroxylation sites is 1. The largest absolute Gasteiger partial charge is 0.398 e. The van der Waals surface area contributed by atoms with Crippen LogP contribution in [0.15, 0.2) is 30.5 Å². The molecular formula is C12H12FN3. The summed E-state index contributed by atoms with van der Waals surface area (Å²) in [6.45, 7) is 0. The Labute approximate surface area is 92.5 Å². The van der Waals surface area contributed by atoms with Gasteiger partial charge in [-0.1, -0.05) is 12.1 Å². The molecule has 16 heavy (non-hydrogen) atoms. The quantitative estimate of drug-likeness (QED) is 0.745. The minimum Gasteiger partial charge on any atom is -0.398 e. The lowest BCUT2D eigenvalue weighted by molar-refractivity contribution is 0.632. The van der Waals surface area contributed by atoms with Crippen molar-refractivity contribution in [1.29, 1.82) is 5.41 Å². The second kappa shape index (κ2) is 3.81. The van der Waals surface area contributed by atoms with Crippen molar-refractivity contribution in [3.63, 3.8) is 0 Å². The summed E-state index contributed by atoms with van der Waals surface area (Å²) >= 11 is 0. The molecule has 1 aromatic heterocycles. The Bertz CT molecular complexity index is 581. The first-order valence-corrected chi connectivity index (χ1v) is 4.85. The lowest BCUT2D eigenvalue weighted by Gasteiger charge is -1.98. The van der Waals surface area contributed by atoms with E-state index in [2.05, 4.69) is 0 Å². The van der Waals surface area contributed by atoms with Gasteiger partial charge in [-0.15, -0.1) is 0 Å². The van der Waals surface area contributed by atoms with Crippen LogP contribution in [0.2, 0.25) is 0 Å². The normalized spacial score (nSPS) is 12.0. The molecule has 0 aliphatic carbocycles. The maximum atomic E-state index is 13.6. The van der Waals surface area contributed by atoms with Crippen LogP contribution in [0.5, 0.6) is 0 Å². The van der Waals surface area contributed by atoms with Crippen molar-refractivity contribution >= 4 is 22.8 Å². The van der Waals surface area contributed by atoms with Crippen molar-refractivity contribution in [3.05, 3.63) is 41.9 Å². The van der Waals surface area contributed by atoms with Gasteiger partial charge in [-0.3, -0.25) is 0 Å². The number of nitrogens with one attached hydrogen (secondary N) is 1. The highest BCUT2D eigenvalue weighted by molar-refractivity contribution is 5.95. The Hall–Kier alpha value is -2.10. The SMILES string of the molecule is Cn1cc(/C(N)=C/C=N)c2cccc(F)c21. The van der Waals surface area contributed by atoms with E-state index in [4.69, 9.17) is 11.1 Å². The summed E-state index contributed by atoms with van der Waals surface area (Å²) in [5, 5.41) is 7.74. The number of halogens is 1. The van der Waals surface area contributed by atoms with Crippen LogP contribution >= 0.6 is 0 Å². The van der Waals surface area contributed by atoms with Crippen LogP contribution < -0.4 is 5.73 Å². The molecule has 2 aromatic rings. The second-order valence-corrected chi connectivity index (χ2v) is 3.58. The lowest BCUT2D eigenvalue weighted by Crippen LogP contribution is -1.95. The van der Waals surface area contributed by atoms with Gasteiger partial charge in [-0.2, -0.15) is 0 Å². The van der Waals surface area contributed by atoms with E-state index < -0.39 is 0 Å². The number of nitrogens with zero attached hydrogens (tertiary/aromatic N) is 1. The van der Waals surface area contributed by atoms with Gasteiger partial charge in [-0.25, -0.2) is 4.39 Å². The zero-order valence-electron chi connectivity index (χ0n) is 8.87. The summed E-state index contributed by atoms with van der Waals surface area (Å²) in [6, 6.07) is 4.89. The fraction of sp³-hybridized carbons (Fsp3) is 0.0833. The number of benzene rings is 1. The van der Waals surface area contributed by atoms with Gasteiger partial charge >= 0.3 is 0 Å². The molecule has 0 aliphatic rings. The zero-order valence-corrected chi connectivity index (χ0v) is 8.87. The third-order valence-corrected chi connectivity index (χ3v) is 2.53. The molecule has 4 heteroatoms. The van der Waals surface area contributed by atoms with Crippen LogP contribution in [0, 0.1) is 11.2 Å². The van der Waals surface area contributed by atoms with Crippen LogP contribution in [-0.2, 0) is 7.05 Å². The summed E-state index contributed by atoms with van der Waals surface area (Å²) in [5.41, 5.74) is 7.55. The number of hydrogen-bond donors (Lipinski definition) is 2. The summed E-state index contributed by atoms with van der Waals surface area (Å²) in [5.74, 6) is -0.270. The fourth-order valence-corrected chi connectivity index (χ4v) is 1.83. The number of fused-ring (bicyclic) bond motifs is 1. The molecule has 0 fully saturated rings. The summed E-state index contributed by atoms with van der Waals surface area (Å²) in [7, 11) is 1.77. The summed E-state index contributed by atoms with van der Waals surface area (Å²) in [4.78, 5) is 0. The molecular weight excluding hydrogens is 205 g/mol.